The summed E-state index contributed by atoms with van der Waals surface area (Å²) in [7, 11) is 1.59. The van der Waals surface area contributed by atoms with Gasteiger partial charge in [0.05, 0.1) is 24.0 Å². The van der Waals surface area contributed by atoms with E-state index in [1.54, 1.807) is 24.1 Å². The highest BCUT2D eigenvalue weighted by atomic mass is 32.1. The molecular weight excluding hydrogens is 336 g/mol. The molecule has 0 atom stereocenters. The zero-order valence-electron chi connectivity index (χ0n) is 14.4. The molecule has 3 rings (SSSR count). The van der Waals surface area contributed by atoms with Crippen LogP contribution >= 0.6 is 11.3 Å². The first-order chi connectivity index (χ1) is 12.0. The van der Waals surface area contributed by atoms with Crippen LogP contribution in [0.15, 0.2) is 46.6 Å². The smallest absolute Gasteiger partial charge is 0.264 e. The normalized spacial score (nSPS) is 11.0. The number of methoxy groups -OCH3 is 1. The average Bonchev–Trinajstić information content (AvgIpc) is 3.13. The lowest BCUT2D eigenvalue weighted by Gasteiger charge is -2.26. The number of benzene rings is 1. The van der Waals surface area contributed by atoms with Crippen LogP contribution in [0.4, 0.5) is 0 Å². The minimum absolute atomic E-state index is 0.0134. The third-order valence-corrected chi connectivity index (χ3v) is 4.94. The molecule has 1 amide bonds. The number of fused-ring (bicyclic) bond motifs is 1. The van der Waals surface area contributed by atoms with Gasteiger partial charge >= 0.3 is 0 Å². The first-order valence-corrected chi connectivity index (χ1v) is 8.92. The molecule has 0 saturated carbocycles. The highest BCUT2D eigenvalue weighted by Gasteiger charge is 2.21. The van der Waals surface area contributed by atoms with Gasteiger partial charge in [-0.2, -0.15) is 0 Å². The SMILES string of the molecule is COc1ccc2cc(CN(C(=O)c3cccs3)C(C)C)c(=O)[nH]c2c1. The number of hydrogen-bond acceptors (Lipinski definition) is 4. The van der Waals surface area contributed by atoms with Crippen molar-refractivity contribution in [2.24, 2.45) is 0 Å². The lowest BCUT2D eigenvalue weighted by molar-refractivity contribution is 0.0695. The molecule has 0 fully saturated rings. The highest BCUT2D eigenvalue weighted by molar-refractivity contribution is 7.12. The van der Waals surface area contributed by atoms with Crippen molar-refractivity contribution < 1.29 is 9.53 Å². The van der Waals surface area contributed by atoms with E-state index in [1.165, 1.54) is 11.3 Å². The summed E-state index contributed by atoms with van der Waals surface area (Å²) >= 11 is 1.41. The molecule has 0 radical (unpaired) electrons. The standard InChI is InChI=1S/C19H20N2O3S/c1-12(2)21(19(23)17-5-4-8-25-17)11-14-9-13-6-7-15(24-3)10-16(13)20-18(14)22/h4-10,12H,11H2,1-3H3,(H,20,22). The maximum Gasteiger partial charge on any atom is 0.264 e. The van der Waals surface area contributed by atoms with Crippen LogP contribution < -0.4 is 10.3 Å². The minimum Gasteiger partial charge on any atom is -0.497 e. The fourth-order valence-corrected chi connectivity index (χ4v) is 3.36. The van der Waals surface area contributed by atoms with Gasteiger partial charge in [-0.25, -0.2) is 0 Å². The molecule has 1 N–H and O–H groups in total. The second-order valence-electron chi connectivity index (χ2n) is 6.08. The van der Waals surface area contributed by atoms with E-state index in [2.05, 4.69) is 4.98 Å². The Balaban J connectivity index is 1.96. The van der Waals surface area contributed by atoms with Gasteiger partial charge in [0.1, 0.15) is 5.75 Å². The van der Waals surface area contributed by atoms with Crippen molar-refractivity contribution in [1.29, 1.82) is 0 Å². The number of pyridine rings is 1. The Hall–Kier alpha value is -2.60. The molecule has 2 aromatic heterocycles. The van der Waals surface area contributed by atoms with Crippen LogP contribution in [0.3, 0.4) is 0 Å². The van der Waals surface area contributed by atoms with E-state index >= 15 is 0 Å². The molecule has 25 heavy (non-hydrogen) atoms. The molecule has 0 saturated heterocycles. The van der Waals surface area contributed by atoms with Gasteiger partial charge in [0, 0.05) is 17.7 Å². The number of carbonyl (C=O) groups is 1. The molecule has 0 aliphatic heterocycles. The largest absolute Gasteiger partial charge is 0.497 e. The summed E-state index contributed by atoms with van der Waals surface area (Å²) in [6, 6.07) is 11.0. The van der Waals surface area contributed by atoms with Gasteiger partial charge in [-0.05, 0) is 48.9 Å². The number of aromatic nitrogens is 1. The number of rotatable bonds is 5. The lowest BCUT2D eigenvalue weighted by Crippen LogP contribution is -2.37. The van der Waals surface area contributed by atoms with Gasteiger partial charge < -0.3 is 14.6 Å². The predicted octanol–water partition coefficient (Wildman–Crippen LogP) is 3.65. The Kier molecular flexibility index (Phi) is 4.90. The van der Waals surface area contributed by atoms with E-state index < -0.39 is 0 Å². The lowest BCUT2D eigenvalue weighted by atomic mass is 10.1. The van der Waals surface area contributed by atoms with Crippen molar-refractivity contribution in [3.63, 3.8) is 0 Å². The number of thiophene rings is 1. The first-order valence-electron chi connectivity index (χ1n) is 8.04. The summed E-state index contributed by atoms with van der Waals surface area (Å²) in [4.78, 5) is 30.5. The fraction of sp³-hybridized carbons (Fsp3) is 0.263. The molecule has 130 valence electrons. The summed E-state index contributed by atoms with van der Waals surface area (Å²) in [5.41, 5.74) is 1.09. The van der Waals surface area contributed by atoms with E-state index in [0.717, 1.165) is 5.39 Å². The van der Waals surface area contributed by atoms with Crippen LogP contribution in [0.1, 0.15) is 29.1 Å². The summed E-state index contributed by atoms with van der Waals surface area (Å²) in [6.45, 7) is 4.17. The van der Waals surface area contributed by atoms with Crippen LogP contribution in [0.5, 0.6) is 5.75 Å². The topological polar surface area (TPSA) is 62.4 Å². The summed E-state index contributed by atoms with van der Waals surface area (Å²) in [5.74, 6) is 0.631. The van der Waals surface area contributed by atoms with E-state index in [4.69, 9.17) is 4.74 Å². The zero-order valence-corrected chi connectivity index (χ0v) is 15.2. The maximum atomic E-state index is 12.7. The summed E-state index contributed by atoms with van der Waals surface area (Å²) in [5, 5.41) is 2.78. The van der Waals surface area contributed by atoms with Crippen LogP contribution in [0, 0.1) is 0 Å². The maximum absolute atomic E-state index is 12.7. The second-order valence-corrected chi connectivity index (χ2v) is 7.03. The third kappa shape index (κ3) is 3.58. The van der Waals surface area contributed by atoms with E-state index in [9.17, 15) is 9.59 Å². The van der Waals surface area contributed by atoms with E-state index in [1.807, 2.05) is 43.5 Å². The summed E-state index contributed by atoms with van der Waals surface area (Å²) in [6.07, 6.45) is 0. The Morgan fingerprint density at radius 2 is 2.08 bits per heavy atom. The van der Waals surface area contributed by atoms with Crippen molar-refractivity contribution in [2.75, 3.05) is 7.11 Å². The number of aromatic amines is 1. The molecule has 1 aromatic carbocycles. The summed E-state index contributed by atoms with van der Waals surface area (Å²) < 4.78 is 5.19. The molecule has 0 spiro atoms. The van der Waals surface area contributed by atoms with E-state index in [0.29, 0.717) is 21.7 Å². The number of hydrogen-bond donors (Lipinski definition) is 1. The molecule has 5 nitrogen and oxygen atoms in total. The van der Waals surface area contributed by atoms with Crippen molar-refractivity contribution in [2.45, 2.75) is 26.4 Å². The molecule has 2 heterocycles. The fourth-order valence-electron chi connectivity index (χ4n) is 2.68. The first kappa shape index (κ1) is 17.2. The third-order valence-electron chi connectivity index (χ3n) is 4.09. The Bertz CT molecular complexity index is 945. The Morgan fingerprint density at radius 1 is 1.28 bits per heavy atom. The molecular formula is C19H20N2O3S. The number of nitrogens with one attached hydrogen (secondary N) is 1. The van der Waals surface area contributed by atoms with Crippen LogP contribution in [-0.2, 0) is 6.54 Å². The van der Waals surface area contributed by atoms with Crippen molar-refractivity contribution >= 4 is 28.1 Å². The van der Waals surface area contributed by atoms with Crippen LogP contribution in [-0.4, -0.2) is 28.9 Å². The molecule has 0 bridgehead atoms. The minimum atomic E-state index is -0.189. The predicted molar refractivity (Wildman–Crippen MR) is 100 cm³/mol. The number of nitrogens with zero attached hydrogens (tertiary/aromatic N) is 1. The quantitative estimate of drug-likeness (QED) is 0.759. The number of carbonyl (C=O) groups excluding carboxylic acids is 1. The Labute approximate surface area is 149 Å². The molecule has 6 heteroatoms. The van der Waals surface area contributed by atoms with Gasteiger partial charge in [-0.3, -0.25) is 9.59 Å². The van der Waals surface area contributed by atoms with E-state index in [-0.39, 0.29) is 24.1 Å². The average molecular weight is 356 g/mol. The van der Waals surface area contributed by atoms with Gasteiger partial charge in [0.25, 0.3) is 11.5 Å². The highest BCUT2D eigenvalue weighted by Crippen LogP contribution is 2.20. The van der Waals surface area contributed by atoms with Gasteiger partial charge in [0.2, 0.25) is 0 Å². The molecule has 0 aliphatic carbocycles. The van der Waals surface area contributed by atoms with Crippen LogP contribution in [0.2, 0.25) is 0 Å². The molecule has 0 unspecified atom stereocenters. The molecule has 3 aromatic rings. The number of H-pyrrole nitrogens is 1. The van der Waals surface area contributed by atoms with Gasteiger partial charge in [-0.15, -0.1) is 11.3 Å². The number of ether oxygens (including phenoxy) is 1. The number of amides is 1. The Morgan fingerprint density at radius 3 is 2.72 bits per heavy atom. The van der Waals surface area contributed by atoms with Crippen molar-refractivity contribution in [1.82, 2.24) is 9.88 Å². The van der Waals surface area contributed by atoms with Crippen molar-refractivity contribution in [3.05, 3.63) is 62.6 Å². The van der Waals surface area contributed by atoms with Crippen molar-refractivity contribution in [3.8, 4) is 5.75 Å². The van der Waals surface area contributed by atoms with Gasteiger partial charge in [-0.1, -0.05) is 6.07 Å². The second kappa shape index (κ2) is 7.11. The van der Waals surface area contributed by atoms with Crippen LogP contribution in [0.25, 0.3) is 10.9 Å². The molecule has 0 aliphatic rings. The van der Waals surface area contributed by atoms with Gasteiger partial charge in [0.15, 0.2) is 0 Å². The monoisotopic (exact) mass is 356 g/mol. The zero-order chi connectivity index (χ0) is 18.0.